The van der Waals surface area contributed by atoms with E-state index in [-0.39, 0.29) is 5.91 Å². The van der Waals surface area contributed by atoms with Gasteiger partial charge in [-0.3, -0.25) is 4.79 Å². The van der Waals surface area contributed by atoms with Crippen molar-refractivity contribution < 1.29 is 4.79 Å². The van der Waals surface area contributed by atoms with Crippen LogP contribution in [0.25, 0.3) is 0 Å². The summed E-state index contributed by atoms with van der Waals surface area (Å²) >= 11 is 6.01. The van der Waals surface area contributed by atoms with E-state index in [1.165, 1.54) is 0 Å². The average Bonchev–Trinajstić information content (AvgIpc) is 2.30. The maximum absolute atomic E-state index is 12.2. The van der Waals surface area contributed by atoms with Crippen molar-refractivity contribution in [3.63, 3.8) is 0 Å². The first-order chi connectivity index (χ1) is 8.41. The van der Waals surface area contributed by atoms with Gasteiger partial charge in [0.05, 0.1) is 10.6 Å². The first-order valence-corrected chi connectivity index (χ1v) is 6.25. The molecule has 1 rings (SSSR count). The normalized spacial score (nSPS) is 10.7. The maximum atomic E-state index is 12.2. The molecule has 0 unspecified atom stereocenters. The SMILES string of the molecule is CN(C)CCCN(C)C(=O)c1cc(N)ccc1Cl. The summed E-state index contributed by atoms with van der Waals surface area (Å²) in [6.45, 7) is 1.64. The number of benzene rings is 1. The van der Waals surface area contributed by atoms with Crippen LogP contribution in [0.2, 0.25) is 5.02 Å². The number of carbonyl (C=O) groups excluding carboxylic acids is 1. The van der Waals surface area contributed by atoms with E-state index in [0.29, 0.717) is 22.8 Å². The number of nitrogens with two attached hydrogens (primary N) is 1. The largest absolute Gasteiger partial charge is 0.399 e. The number of hydrogen-bond acceptors (Lipinski definition) is 3. The van der Waals surface area contributed by atoms with E-state index in [0.717, 1.165) is 13.0 Å². The lowest BCUT2D eigenvalue weighted by atomic mass is 10.1. The van der Waals surface area contributed by atoms with Gasteiger partial charge in [0.25, 0.3) is 5.91 Å². The van der Waals surface area contributed by atoms with Crippen molar-refractivity contribution in [2.75, 3.05) is 40.0 Å². The van der Waals surface area contributed by atoms with Crippen molar-refractivity contribution in [2.45, 2.75) is 6.42 Å². The minimum Gasteiger partial charge on any atom is -0.399 e. The van der Waals surface area contributed by atoms with Gasteiger partial charge in [-0.25, -0.2) is 0 Å². The van der Waals surface area contributed by atoms with Gasteiger partial charge in [0.1, 0.15) is 0 Å². The van der Waals surface area contributed by atoms with Crippen LogP contribution in [0, 0.1) is 0 Å². The number of carbonyl (C=O) groups is 1. The molecule has 5 heteroatoms. The zero-order valence-corrected chi connectivity index (χ0v) is 11.9. The highest BCUT2D eigenvalue weighted by molar-refractivity contribution is 6.33. The summed E-state index contributed by atoms with van der Waals surface area (Å²) in [7, 11) is 5.80. The fourth-order valence-corrected chi connectivity index (χ4v) is 1.84. The molecular formula is C13H20ClN3O. The summed E-state index contributed by atoms with van der Waals surface area (Å²) < 4.78 is 0. The Bertz CT molecular complexity index is 421. The first kappa shape index (κ1) is 14.8. The summed E-state index contributed by atoms with van der Waals surface area (Å²) in [5.41, 5.74) is 6.68. The predicted molar refractivity (Wildman–Crippen MR) is 76.0 cm³/mol. The Labute approximate surface area is 113 Å². The molecule has 1 amide bonds. The molecule has 0 fully saturated rings. The minimum absolute atomic E-state index is 0.0916. The van der Waals surface area contributed by atoms with Crippen molar-refractivity contribution in [3.05, 3.63) is 28.8 Å². The van der Waals surface area contributed by atoms with Crippen molar-refractivity contribution in [2.24, 2.45) is 0 Å². The minimum atomic E-state index is -0.0916. The highest BCUT2D eigenvalue weighted by Crippen LogP contribution is 2.20. The standard InChI is InChI=1S/C13H20ClN3O/c1-16(2)7-4-8-17(3)13(18)11-9-10(15)5-6-12(11)14/h5-6,9H,4,7-8,15H2,1-3H3. The third kappa shape index (κ3) is 4.20. The van der Waals surface area contributed by atoms with E-state index in [2.05, 4.69) is 4.90 Å². The third-order valence-electron chi connectivity index (χ3n) is 2.67. The summed E-state index contributed by atoms with van der Waals surface area (Å²) in [4.78, 5) is 15.9. The second-order valence-corrected chi connectivity index (χ2v) is 5.03. The van der Waals surface area contributed by atoms with Gasteiger partial charge >= 0.3 is 0 Å². The van der Waals surface area contributed by atoms with E-state index >= 15 is 0 Å². The Morgan fingerprint density at radius 2 is 1.94 bits per heavy atom. The summed E-state index contributed by atoms with van der Waals surface area (Å²) in [5.74, 6) is -0.0916. The Morgan fingerprint density at radius 1 is 1.28 bits per heavy atom. The van der Waals surface area contributed by atoms with E-state index < -0.39 is 0 Å². The lowest BCUT2D eigenvalue weighted by Crippen LogP contribution is -2.30. The van der Waals surface area contributed by atoms with Crippen molar-refractivity contribution in [1.29, 1.82) is 0 Å². The zero-order chi connectivity index (χ0) is 13.7. The molecule has 1 aromatic rings. The molecule has 0 aromatic heterocycles. The molecule has 0 heterocycles. The highest BCUT2D eigenvalue weighted by Gasteiger charge is 2.15. The van der Waals surface area contributed by atoms with E-state index in [1.807, 2.05) is 14.1 Å². The van der Waals surface area contributed by atoms with Gasteiger partial charge in [0.15, 0.2) is 0 Å². The molecule has 0 aliphatic heterocycles. The van der Waals surface area contributed by atoms with Gasteiger partial charge < -0.3 is 15.5 Å². The van der Waals surface area contributed by atoms with Gasteiger partial charge in [0, 0.05) is 19.3 Å². The van der Waals surface area contributed by atoms with Gasteiger partial charge in [-0.15, -0.1) is 0 Å². The molecule has 1 aromatic carbocycles. The molecule has 0 saturated heterocycles. The molecule has 0 bridgehead atoms. The summed E-state index contributed by atoms with van der Waals surface area (Å²) in [5, 5.41) is 0.439. The molecule has 0 radical (unpaired) electrons. The molecular weight excluding hydrogens is 250 g/mol. The van der Waals surface area contributed by atoms with Crippen LogP contribution in [0.3, 0.4) is 0 Å². The van der Waals surface area contributed by atoms with E-state index in [1.54, 1.807) is 30.1 Å². The quantitative estimate of drug-likeness (QED) is 0.831. The highest BCUT2D eigenvalue weighted by atomic mass is 35.5. The Balaban J connectivity index is 2.65. The molecule has 0 aliphatic carbocycles. The smallest absolute Gasteiger partial charge is 0.255 e. The van der Waals surface area contributed by atoms with Gasteiger partial charge in [-0.05, 0) is 45.3 Å². The second-order valence-electron chi connectivity index (χ2n) is 4.62. The molecule has 100 valence electrons. The monoisotopic (exact) mass is 269 g/mol. The van der Waals surface area contributed by atoms with Crippen molar-refractivity contribution >= 4 is 23.2 Å². The van der Waals surface area contributed by atoms with Crippen molar-refractivity contribution in [1.82, 2.24) is 9.80 Å². The van der Waals surface area contributed by atoms with Crippen LogP contribution in [-0.4, -0.2) is 49.9 Å². The Kier molecular flexibility index (Phi) is 5.44. The number of anilines is 1. The van der Waals surface area contributed by atoms with Crippen molar-refractivity contribution in [3.8, 4) is 0 Å². The molecule has 18 heavy (non-hydrogen) atoms. The molecule has 0 aliphatic rings. The Morgan fingerprint density at radius 3 is 2.56 bits per heavy atom. The van der Waals surface area contributed by atoms with Crippen LogP contribution in [0.1, 0.15) is 16.8 Å². The summed E-state index contributed by atoms with van der Waals surface area (Å²) in [6.07, 6.45) is 0.926. The fourth-order valence-electron chi connectivity index (χ4n) is 1.64. The number of hydrogen-bond donors (Lipinski definition) is 1. The zero-order valence-electron chi connectivity index (χ0n) is 11.1. The lowest BCUT2D eigenvalue weighted by molar-refractivity contribution is 0.0791. The van der Waals surface area contributed by atoms with E-state index in [9.17, 15) is 4.79 Å². The van der Waals surface area contributed by atoms with Gasteiger partial charge in [0.2, 0.25) is 0 Å². The van der Waals surface area contributed by atoms with Crippen LogP contribution in [0.15, 0.2) is 18.2 Å². The second kappa shape index (κ2) is 6.61. The van der Waals surface area contributed by atoms with Crippen LogP contribution < -0.4 is 5.73 Å². The lowest BCUT2D eigenvalue weighted by Gasteiger charge is -2.19. The number of amides is 1. The molecule has 0 spiro atoms. The molecule has 4 nitrogen and oxygen atoms in total. The topological polar surface area (TPSA) is 49.6 Å². The van der Waals surface area contributed by atoms with E-state index in [4.69, 9.17) is 17.3 Å². The van der Waals surface area contributed by atoms with Gasteiger partial charge in [-0.2, -0.15) is 0 Å². The van der Waals surface area contributed by atoms with Gasteiger partial charge in [-0.1, -0.05) is 11.6 Å². The number of nitrogens with zero attached hydrogens (tertiary/aromatic N) is 2. The van der Waals surface area contributed by atoms with Crippen LogP contribution >= 0.6 is 11.6 Å². The molecule has 0 saturated carbocycles. The summed E-state index contributed by atoms with van der Waals surface area (Å²) in [6, 6.07) is 4.95. The number of rotatable bonds is 5. The fraction of sp³-hybridized carbons (Fsp3) is 0.462. The average molecular weight is 270 g/mol. The van der Waals surface area contributed by atoms with Crippen LogP contribution in [-0.2, 0) is 0 Å². The number of halogens is 1. The molecule has 2 N–H and O–H groups in total. The Hall–Kier alpha value is -1.26. The predicted octanol–water partition coefficient (Wildman–Crippen LogP) is 1.95. The molecule has 0 atom stereocenters. The van der Waals surface area contributed by atoms with Crippen LogP contribution in [0.4, 0.5) is 5.69 Å². The first-order valence-electron chi connectivity index (χ1n) is 5.87. The third-order valence-corrected chi connectivity index (χ3v) is 3.00. The van der Waals surface area contributed by atoms with Crippen LogP contribution in [0.5, 0.6) is 0 Å². The number of nitrogen functional groups attached to an aromatic ring is 1. The maximum Gasteiger partial charge on any atom is 0.255 e.